The summed E-state index contributed by atoms with van der Waals surface area (Å²) in [5, 5.41) is 15.9. The van der Waals surface area contributed by atoms with Crippen LogP contribution in [0.15, 0.2) is 41.5 Å². The quantitative estimate of drug-likeness (QED) is 0.451. The number of hydrogen-bond acceptors (Lipinski definition) is 6. The highest BCUT2D eigenvalue weighted by Crippen LogP contribution is 2.29. The third-order valence-corrected chi connectivity index (χ3v) is 4.85. The Labute approximate surface area is 170 Å². The molecule has 3 rings (SSSR count). The van der Waals surface area contributed by atoms with Crippen molar-refractivity contribution in [3.63, 3.8) is 0 Å². The summed E-state index contributed by atoms with van der Waals surface area (Å²) in [6.45, 7) is 2.24. The van der Waals surface area contributed by atoms with Crippen LogP contribution in [0.1, 0.15) is 15.9 Å². The van der Waals surface area contributed by atoms with Crippen LogP contribution in [0.2, 0.25) is 10.0 Å². The van der Waals surface area contributed by atoms with Crippen LogP contribution in [0.4, 0.5) is 11.4 Å². The Bertz CT molecular complexity index is 930. The smallest absolute Gasteiger partial charge is 0.293 e. The monoisotopic (exact) mass is 422 g/mol. The minimum absolute atomic E-state index is 0.0262. The van der Waals surface area contributed by atoms with Crippen LogP contribution < -0.4 is 10.3 Å². The lowest BCUT2D eigenvalue weighted by Crippen LogP contribution is -2.36. The van der Waals surface area contributed by atoms with E-state index < -0.39 is 10.8 Å². The topological polar surface area (TPSA) is 97.1 Å². The van der Waals surface area contributed by atoms with Crippen LogP contribution >= 0.6 is 23.2 Å². The average molecular weight is 423 g/mol. The Morgan fingerprint density at radius 3 is 2.61 bits per heavy atom. The number of nitrogens with one attached hydrogen (secondary N) is 1. The molecule has 8 nitrogen and oxygen atoms in total. The van der Waals surface area contributed by atoms with Gasteiger partial charge in [0, 0.05) is 30.3 Å². The molecule has 0 bridgehead atoms. The highest BCUT2D eigenvalue weighted by molar-refractivity contribution is 6.42. The summed E-state index contributed by atoms with van der Waals surface area (Å²) < 4.78 is 5.28. The molecule has 0 spiro atoms. The van der Waals surface area contributed by atoms with E-state index >= 15 is 0 Å². The summed E-state index contributed by atoms with van der Waals surface area (Å²) in [6, 6.07) is 9.24. The Kier molecular flexibility index (Phi) is 6.45. The Morgan fingerprint density at radius 2 is 1.93 bits per heavy atom. The zero-order valence-electron chi connectivity index (χ0n) is 14.6. The van der Waals surface area contributed by atoms with Crippen molar-refractivity contribution in [3.8, 4) is 0 Å². The summed E-state index contributed by atoms with van der Waals surface area (Å²) in [5.74, 6) is -0.478. The zero-order chi connectivity index (χ0) is 20.1. The summed E-state index contributed by atoms with van der Waals surface area (Å²) >= 11 is 11.7. The van der Waals surface area contributed by atoms with Crippen molar-refractivity contribution in [1.82, 2.24) is 5.43 Å². The summed E-state index contributed by atoms with van der Waals surface area (Å²) in [5.41, 5.74) is 3.64. The van der Waals surface area contributed by atoms with E-state index in [1.807, 2.05) is 4.90 Å². The molecule has 0 radical (unpaired) electrons. The first-order valence-corrected chi connectivity index (χ1v) is 9.11. The standard InChI is InChI=1S/C18H16Cl2N4O4/c19-14-3-2-13(10-15(14)20)18(25)22-21-11-12-1-4-16(17(9-12)24(26)27)23-5-7-28-8-6-23/h1-4,9-11H,5-8H2,(H,22,25)/b21-11-. The molecule has 1 saturated heterocycles. The normalized spacial score (nSPS) is 14.3. The first kappa shape index (κ1) is 20.1. The van der Waals surface area contributed by atoms with E-state index in [1.54, 1.807) is 12.1 Å². The molecule has 0 aliphatic carbocycles. The number of nitro benzene ring substituents is 1. The third-order valence-electron chi connectivity index (χ3n) is 4.11. The fourth-order valence-corrected chi connectivity index (χ4v) is 3.00. The van der Waals surface area contributed by atoms with Gasteiger partial charge in [-0.2, -0.15) is 5.10 Å². The predicted molar refractivity (Wildman–Crippen MR) is 108 cm³/mol. The summed E-state index contributed by atoms with van der Waals surface area (Å²) in [4.78, 5) is 25.0. The highest BCUT2D eigenvalue weighted by atomic mass is 35.5. The third kappa shape index (κ3) is 4.78. The number of hydrazone groups is 1. The lowest BCUT2D eigenvalue weighted by molar-refractivity contribution is -0.384. The Balaban J connectivity index is 1.72. The first-order valence-electron chi connectivity index (χ1n) is 8.35. The molecular weight excluding hydrogens is 407 g/mol. The number of ether oxygens (including phenoxy) is 1. The molecule has 28 heavy (non-hydrogen) atoms. The largest absolute Gasteiger partial charge is 0.378 e. The maximum atomic E-state index is 12.1. The molecule has 146 valence electrons. The van der Waals surface area contributed by atoms with Gasteiger partial charge < -0.3 is 9.64 Å². The van der Waals surface area contributed by atoms with Crippen molar-refractivity contribution < 1.29 is 14.5 Å². The van der Waals surface area contributed by atoms with Crippen LogP contribution in [0, 0.1) is 10.1 Å². The number of amides is 1. The highest BCUT2D eigenvalue weighted by Gasteiger charge is 2.21. The number of anilines is 1. The van der Waals surface area contributed by atoms with E-state index in [1.165, 1.54) is 30.5 Å². The lowest BCUT2D eigenvalue weighted by Gasteiger charge is -2.28. The van der Waals surface area contributed by atoms with E-state index in [0.717, 1.165) is 0 Å². The maximum absolute atomic E-state index is 12.1. The van der Waals surface area contributed by atoms with E-state index in [4.69, 9.17) is 27.9 Å². The van der Waals surface area contributed by atoms with Gasteiger partial charge in [-0.1, -0.05) is 29.3 Å². The van der Waals surface area contributed by atoms with Crippen molar-refractivity contribution in [2.75, 3.05) is 31.2 Å². The van der Waals surface area contributed by atoms with Gasteiger partial charge in [-0.25, -0.2) is 5.43 Å². The van der Waals surface area contributed by atoms with Gasteiger partial charge >= 0.3 is 0 Å². The lowest BCUT2D eigenvalue weighted by atomic mass is 10.1. The van der Waals surface area contributed by atoms with Crippen molar-refractivity contribution in [1.29, 1.82) is 0 Å². The van der Waals surface area contributed by atoms with Crippen molar-refractivity contribution >= 4 is 46.7 Å². The second-order valence-electron chi connectivity index (χ2n) is 5.93. The van der Waals surface area contributed by atoms with E-state index in [9.17, 15) is 14.9 Å². The SMILES string of the molecule is O=C(N/N=C\c1ccc(N2CCOCC2)c([N+](=O)[O-])c1)c1ccc(Cl)c(Cl)c1. The molecule has 2 aromatic carbocycles. The van der Waals surface area contributed by atoms with E-state index in [-0.39, 0.29) is 10.7 Å². The van der Waals surface area contributed by atoms with Crippen LogP contribution in [0.25, 0.3) is 0 Å². The van der Waals surface area contributed by atoms with Crippen LogP contribution in [0.5, 0.6) is 0 Å². The average Bonchev–Trinajstić information content (AvgIpc) is 2.70. The van der Waals surface area contributed by atoms with E-state index in [2.05, 4.69) is 10.5 Å². The number of morpholine rings is 1. The molecule has 1 aliphatic rings. The number of benzene rings is 2. The molecule has 0 aromatic heterocycles. The molecule has 0 atom stereocenters. The number of rotatable bonds is 5. The number of hydrogen-bond donors (Lipinski definition) is 1. The molecule has 1 aliphatic heterocycles. The van der Waals surface area contributed by atoms with Gasteiger partial charge in [0.25, 0.3) is 11.6 Å². The second kappa shape index (κ2) is 9.01. The van der Waals surface area contributed by atoms with Gasteiger partial charge in [0.1, 0.15) is 5.69 Å². The second-order valence-corrected chi connectivity index (χ2v) is 6.75. The number of carbonyl (C=O) groups excluding carboxylic acids is 1. The fourth-order valence-electron chi connectivity index (χ4n) is 2.71. The van der Waals surface area contributed by atoms with Crippen LogP contribution in [0.3, 0.4) is 0 Å². The molecule has 0 unspecified atom stereocenters. The molecule has 0 saturated carbocycles. The molecule has 1 N–H and O–H groups in total. The molecule has 1 heterocycles. The summed E-state index contributed by atoms with van der Waals surface area (Å²) in [6.07, 6.45) is 1.34. The van der Waals surface area contributed by atoms with Gasteiger partial charge in [-0.15, -0.1) is 0 Å². The van der Waals surface area contributed by atoms with Crippen molar-refractivity contribution in [2.24, 2.45) is 5.10 Å². The minimum Gasteiger partial charge on any atom is -0.378 e. The maximum Gasteiger partial charge on any atom is 0.293 e. The molecule has 1 amide bonds. The molecule has 10 heteroatoms. The van der Waals surface area contributed by atoms with Crippen LogP contribution in [-0.4, -0.2) is 43.3 Å². The van der Waals surface area contributed by atoms with Crippen LogP contribution in [-0.2, 0) is 4.74 Å². The fraction of sp³-hybridized carbons (Fsp3) is 0.222. The van der Waals surface area contributed by atoms with Gasteiger partial charge in [0.15, 0.2) is 0 Å². The van der Waals surface area contributed by atoms with Gasteiger partial charge in [0.05, 0.1) is 34.4 Å². The number of carbonyl (C=O) groups is 1. The first-order chi connectivity index (χ1) is 13.5. The van der Waals surface area contributed by atoms with Gasteiger partial charge in [0.2, 0.25) is 0 Å². The number of nitrogens with zero attached hydrogens (tertiary/aromatic N) is 3. The molecule has 1 fully saturated rings. The zero-order valence-corrected chi connectivity index (χ0v) is 16.1. The Morgan fingerprint density at radius 1 is 1.18 bits per heavy atom. The van der Waals surface area contributed by atoms with Crippen molar-refractivity contribution in [2.45, 2.75) is 0 Å². The van der Waals surface area contributed by atoms with Gasteiger partial charge in [-0.3, -0.25) is 14.9 Å². The number of halogens is 2. The predicted octanol–water partition coefficient (Wildman–Crippen LogP) is 3.50. The molecular formula is C18H16Cl2N4O4. The molecule has 2 aromatic rings. The number of nitro groups is 1. The Hall–Kier alpha value is -2.68. The summed E-state index contributed by atoms with van der Waals surface area (Å²) in [7, 11) is 0. The van der Waals surface area contributed by atoms with Crippen molar-refractivity contribution in [3.05, 3.63) is 67.7 Å². The van der Waals surface area contributed by atoms with Gasteiger partial charge in [-0.05, 0) is 24.3 Å². The van der Waals surface area contributed by atoms with E-state index in [0.29, 0.717) is 48.1 Å². The minimum atomic E-state index is -0.478.